The quantitative estimate of drug-likeness (QED) is 0.514. The molecule has 2 aromatic heterocycles. The molecule has 2 heterocycles. The van der Waals surface area contributed by atoms with Crippen molar-refractivity contribution in [3.63, 3.8) is 0 Å². The minimum atomic E-state index is -0.212. The van der Waals surface area contributed by atoms with Gasteiger partial charge >= 0.3 is 0 Å². The molecule has 0 unspecified atom stereocenters. The van der Waals surface area contributed by atoms with Crippen molar-refractivity contribution in [1.29, 1.82) is 0 Å². The van der Waals surface area contributed by atoms with Crippen LogP contribution in [0, 0.1) is 6.92 Å². The highest BCUT2D eigenvalue weighted by Crippen LogP contribution is 2.20. The molecule has 2 aromatic carbocycles. The molecule has 4 aromatic rings. The predicted molar refractivity (Wildman–Crippen MR) is 116 cm³/mol. The number of aliphatic hydroxyl groups is 1. The summed E-state index contributed by atoms with van der Waals surface area (Å²) in [5.74, 6) is 0.302. The van der Waals surface area contributed by atoms with Crippen molar-refractivity contribution in [2.24, 2.45) is 0 Å². The number of imidazole rings is 1. The summed E-state index contributed by atoms with van der Waals surface area (Å²) in [5, 5.41) is 11.9. The van der Waals surface area contributed by atoms with Gasteiger partial charge in [-0.05, 0) is 36.2 Å². The SMILES string of the molecule is Cc1cccc(Cn2cnc(NC(=O)c3ccc(-c4ccc(CO)nc4)cc3)c2)c1. The van der Waals surface area contributed by atoms with Crippen molar-refractivity contribution in [3.05, 3.63) is 102 Å². The first kappa shape index (κ1) is 19.5. The van der Waals surface area contributed by atoms with Gasteiger partial charge < -0.3 is 15.0 Å². The molecule has 0 aliphatic heterocycles. The Balaban J connectivity index is 1.40. The van der Waals surface area contributed by atoms with Crippen molar-refractivity contribution < 1.29 is 9.90 Å². The number of nitrogens with zero attached hydrogens (tertiary/aromatic N) is 3. The molecule has 0 spiro atoms. The molecule has 0 atom stereocenters. The smallest absolute Gasteiger partial charge is 0.256 e. The van der Waals surface area contributed by atoms with Crippen LogP contribution in [-0.2, 0) is 13.2 Å². The Hall–Kier alpha value is -3.77. The van der Waals surface area contributed by atoms with Crippen LogP contribution in [0.5, 0.6) is 0 Å². The van der Waals surface area contributed by atoms with Crippen LogP contribution in [0.15, 0.2) is 79.4 Å². The van der Waals surface area contributed by atoms with Crippen LogP contribution < -0.4 is 5.32 Å². The molecular formula is C24H22N4O2. The van der Waals surface area contributed by atoms with Crippen LogP contribution >= 0.6 is 0 Å². The second-order valence-electron chi connectivity index (χ2n) is 7.15. The molecule has 150 valence electrons. The monoisotopic (exact) mass is 398 g/mol. The standard InChI is InChI=1S/C24H22N4O2/c1-17-3-2-4-18(11-17)13-28-14-23(26-16-28)27-24(30)20-7-5-19(6-8-20)21-9-10-22(15-29)25-12-21/h2-12,14,16,29H,13,15H2,1H3,(H,27,30). The molecule has 0 fully saturated rings. The van der Waals surface area contributed by atoms with Crippen molar-refractivity contribution in [1.82, 2.24) is 14.5 Å². The maximum atomic E-state index is 12.6. The van der Waals surface area contributed by atoms with E-state index in [0.717, 1.165) is 11.1 Å². The fraction of sp³-hybridized carbons (Fsp3) is 0.125. The highest BCUT2D eigenvalue weighted by Gasteiger charge is 2.09. The summed E-state index contributed by atoms with van der Waals surface area (Å²) >= 11 is 0. The lowest BCUT2D eigenvalue weighted by atomic mass is 10.1. The van der Waals surface area contributed by atoms with Crippen molar-refractivity contribution in [2.45, 2.75) is 20.1 Å². The Labute approximate surface area is 174 Å². The number of rotatable bonds is 6. The predicted octanol–water partition coefficient (Wildman–Crippen LogP) is 4.05. The summed E-state index contributed by atoms with van der Waals surface area (Å²) in [6.45, 7) is 2.68. The lowest BCUT2D eigenvalue weighted by molar-refractivity contribution is 0.102. The lowest BCUT2D eigenvalue weighted by Gasteiger charge is -2.06. The van der Waals surface area contributed by atoms with E-state index in [1.807, 2.05) is 35.0 Å². The molecule has 0 bridgehead atoms. The Morgan fingerprint density at radius 1 is 1.03 bits per heavy atom. The zero-order valence-electron chi connectivity index (χ0n) is 16.6. The van der Waals surface area contributed by atoms with Crippen molar-refractivity contribution >= 4 is 11.7 Å². The molecule has 0 aliphatic rings. The number of pyridine rings is 1. The largest absolute Gasteiger partial charge is 0.390 e. The number of hydrogen-bond donors (Lipinski definition) is 2. The van der Waals surface area contributed by atoms with E-state index in [1.165, 1.54) is 11.1 Å². The zero-order chi connectivity index (χ0) is 20.9. The fourth-order valence-corrected chi connectivity index (χ4v) is 3.22. The van der Waals surface area contributed by atoms with Gasteiger partial charge in [0.05, 0.1) is 18.6 Å². The van der Waals surface area contributed by atoms with Gasteiger partial charge in [0.2, 0.25) is 0 Å². The van der Waals surface area contributed by atoms with Crippen molar-refractivity contribution in [2.75, 3.05) is 5.32 Å². The second-order valence-corrected chi connectivity index (χ2v) is 7.15. The van der Waals surface area contributed by atoms with E-state index in [-0.39, 0.29) is 12.5 Å². The number of carbonyl (C=O) groups excluding carboxylic acids is 1. The van der Waals surface area contributed by atoms with Crippen LogP contribution in [0.4, 0.5) is 5.82 Å². The van der Waals surface area contributed by atoms with E-state index in [2.05, 4.69) is 40.4 Å². The van der Waals surface area contributed by atoms with E-state index in [1.54, 1.807) is 30.7 Å². The van der Waals surface area contributed by atoms with Crippen LogP contribution in [0.25, 0.3) is 11.1 Å². The number of benzene rings is 2. The number of aromatic nitrogens is 3. The molecule has 30 heavy (non-hydrogen) atoms. The van der Waals surface area contributed by atoms with Gasteiger partial charge in [0.25, 0.3) is 5.91 Å². The summed E-state index contributed by atoms with van der Waals surface area (Å²) < 4.78 is 1.94. The number of carbonyl (C=O) groups is 1. The van der Waals surface area contributed by atoms with Gasteiger partial charge in [0.15, 0.2) is 5.82 Å². The molecule has 0 saturated heterocycles. The number of aliphatic hydroxyl groups excluding tert-OH is 1. The summed E-state index contributed by atoms with van der Waals surface area (Å²) in [6, 6.07) is 19.3. The van der Waals surface area contributed by atoms with Gasteiger partial charge in [0, 0.05) is 30.1 Å². The van der Waals surface area contributed by atoms with Crippen LogP contribution in [0.3, 0.4) is 0 Å². The maximum Gasteiger partial charge on any atom is 0.256 e. The minimum Gasteiger partial charge on any atom is -0.390 e. The third-order valence-corrected chi connectivity index (χ3v) is 4.79. The first-order valence-corrected chi connectivity index (χ1v) is 9.65. The molecule has 0 aliphatic carbocycles. The maximum absolute atomic E-state index is 12.6. The topological polar surface area (TPSA) is 80.0 Å². The Bertz CT molecular complexity index is 1150. The molecule has 0 radical (unpaired) electrons. The first-order chi connectivity index (χ1) is 14.6. The summed E-state index contributed by atoms with van der Waals surface area (Å²) in [4.78, 5) is 21.0. The summed E-state index contributed by atoms with van der Waals surface area (Å²) in [7, 11) is 0. The highest BCUT2D eigenvalue weighted by atomic mass is 16.3. The molecular weight excluding hydrogens is 376 g/mol. The number of amides is 1. The number of hydrogen-bond acceptors (Lipinski definition) is 4. The first-order valence-electron chi connectivity index (χ1n) is 9.65. The van der Waals surface area contributed by atoms with Crippen molar-refractivity contribution in [3.8, 4) is 11.1 Å². The van der Waals surface area contributed by atoms with Crippen LogP contribution in [0.2, 0.25) is 0 Å². The van der Waals surface area contributed by atoms with Gasteiger partial charge in [-0.1, -0.05) is 48.0 Å². The van der Waals surface area contributed by atoms with Gasteiger partial charge in [-0.2, -0.15) is 0 Å². The van der Waals surface area contributed by atoms with Crippen LogP contribution in [-0.4, -0.2) is 25.5 Å². The lowest BCUT2D eigenvalue weighted by Crippen LogP contribution is -2.12. The van der Waals surface area contributed by atoms with E-state index >= 15 is 0 Å². The third kappa shape index (κ3) is 4.61. The van der Waals surface area contributed by atoms with E-state index in [0.29, 0.717) is 23.6 Å². The molecule has 4 rings (SSSR count). The summed E-state index contributed by atoms with van der Waals surface area (Å²) in [5.41, 5.74) is 5.44. The Morgan fingerprint density at radius 3 is 2.53 bits per heavy atom. The zero-order valence-corrected chi connectivity index (χ0v) is 16.6. The average Bonchev–Trinajstić information content (AvgIpc) is 3.20. The number of aryl methyl sites for hydroxylation is 1. The molecule has 6 nitrogen and oxygen atoms in total. The van der Waals surface area contributed by atoms with Gasteiger partial charge in [-0.15, -0.1) is 0 Å². The van der Waals surface area contributed by atoms with E-state index < -0.39 is 0 Å². The number of anilines is 1. The van der Waals surface area contributed by atoms with Gasteiger partial charge in [-0.25, -0.2) is 4.98 Å². The molecule has 6 heteroatoms. The normalized spacial score (nSPS) is 10.7. The Kier molecular flexibility index (Phi) is 5.68. The fourth-order valence-electron chi connectivity index (χ4n) is 3.22. The Morgan fingerprint density at radius 2 is 1.83 bits per heavy atom. The minimum absolute atomic E-state index is 0.0832. The van der Waals surface area contributed by atoms with Crippen LogP contribution in [0.1, 0.15) is 27.2 Å². The average molecular weight is 398 g/mol. The van der Waals surface area contributed by atoms with Gasteiger partial charge in [0.1, 0.15) is 0 Å². The van der Waals surface area contributed by atoms with E-state index in [9.17, 15) is 4.79 Å². The second kappa shape index (κ2) is 8.71. The van der Waals surface area contributed by atoms with E-state index in [4.69, 9.17) is 5.11 Å². The highest BCUT2D eigenvalue weighted by molar-refractivity contribution is 6.03. The molecule has 0 saturated carbocycles. The molecule has 1 amide bonds. The van der Waals surface area contributed by atoms with Gasteiger partial charge in [-0.3, -0.25) is 9.78 Å². The summed E-state index contributed by atoms with van der Waals surface area (Å²) in [6.07, 6.45) is 5.24. The molecule has 2 N–H and O–H groups in total. The third-order valence-electron chi connectivity index (χ3n) is 4.79. The number of nitrogens with one attached hydrogen (secondary N) is 1.